The fraction of sp³-hybridized carbons (Fsp3) is 0.647. The lowest BCUT2D eigenvalue weighted by Crippen LogP contribution is -2.32. The van der Waals surface area contributed by atoms with Gasteiger partial charge in [-0.25, -0.2) is 4.98 Å². The van der Waals surface area contributed by atoms with Crippen LogP contribution in [0.1, 0.15) is 53.8 Å². The van der Waals surface area contributed by atoms with Crippen molar-refractivity contribution in [2.24, 2.45) is 11.1 Å². The van der Waals surface area contributed by atoms with Crippen LogP contribution in [0, 0.1) is 5.41 Å². The van der Waals surface area contributed by atoms with Gasteiger partial charge in [-0.05, 0) is 38.7 Å². The Bertz CT molecular complexity index is 614. The second kappa shape index (κ2) is 5.41. The van der Waals surface area contributed by atoms with E-state index in [0.717, 1.165) is 29.7 Å². The molecule has 0 aliphatic rings. The summed E-state index contributed by atoms with van der Waals surface area (Å²) in [5.41, 5.74) is 8.66. The number of nitrogens with two attached hydrogens (primary N) is 1. The van der Waals surface area contributed by atoms with Gasteiger partial charge in [0.25, 0.3) is 0 Å². The van der Waals surface area contributed by atoms with E-state index in [-0.39, 0.29) is 17.0 Å². The Morgan fingerprint density at radius 3 is 2.43 bits per heavy atom. The average Bonchev–Trinajstić information content (AvgIpc) is 2.62. The van der Waals surface area contributed by atoms with Crippen molar-refractivity contribution in [3.8, 4) is 0 Å². The summed E-state index contributed by atoms with van der Waals surface area (Å²) in [5, 5.41) is 0. The number of rotatable bonds is 3. The third kappa shape index (κ3) is 3.82. The minimum atomic E-state index is -0.0209. The van der Waals surface area contributed by atoms with Crippen LogP contribution >= 0.6 is 0 Å². The van der Waals surface area contributed by atoms with Gasteiger partial charge in [0.1, 0.15) is 11.3 Å². The number of fused-ring (bicyclic) bond motifs is 1. The molecule has 21 heavy (non-hydrogen) atoms. The smallest absolute Gasteiger partial charge is 0.111 e. The molecule has 0 spiro atoms. The molecule has 116 valence electrons. The monoisotopic (exact) mass is 288 g/mol. The number of hydrogen-bond acceptors (Lipinski definition) is 3. The van der Waals surface area contributed by atoms with Crippen LogP contribution in [0.15, 0.2) is 18.5 Å². The summed E-state index contributed by atoms with van der Waals surface area (Å²) in [6.45, 7) is 13.3. The SMILES string of the molecule is CC(C)(C)CC(N)Cc1nc2cnccc2n1C(C)(C)C. The molecule has 0 fully saturated rings. The second-order valence-electron chi connectivity index (χ2n) is 8.13. The third-order valence-electron chi connectivity index (χ3n) is 3.52. The Hall–Kier alpha value is -1.42. The van der Waals surface area contributed by atoms with E-state index >= 15 is 0 Å². The first-order chi connectivity index (χ1) is 9.58. The molecule has 0 saturated heterocycles. The maximum absolute atomic E-state index is 6.36. The van der Waals surface area contributed by atoms with Gasteiger partial charge in [-0.1, -0.05) is 20.8 Å². The van der Waals surface area contributed by atoms with Crippen LogP contribution in [-0.2, 0) is 12.0 Å². The van der Waals surface area contributed by atoms with Crippen molar-refractivity contribution in [1.82, 2.24) is 14.5 Å². The maximum Gasteiger partial charge on any atom is 0.111 e. The molecule has 4 heteroatoms. The topological polar surface area (TPSA) is 56.7 Å². The Balaban J connectivity index is 2.39. The van der Waals surface area contributed by atoms with Gasteiger partial charge in [-0.15, -0.1) is 0 Å². The van der Waals surface area contributed by atoms with Crippen LogP contribution in [0.3, 0.4) is 0 Å². The molecule has 0 amide bonds. The highest BCUT2D eigenvalue weighted by Gasteiger charge is 2.24. The zero-order chi connectivity index (χ0) is 15.8. The first kappa shape index (κ1) is 16.0. The van der Waals surface area contributed by atoms with Gasteiger partial charge in [-0.3, -0.25) is 4.98 Å². The maximum atomic E-state index is 6.36. The van der Waals surface area contributed by atoms with Gasteiger partial charge in [0.15, 0.2) is 0 Å². The zero-order valence-corrected chi connectivity index (χ0v) is 14.1. The lowest BCUT2D eigenvalue weighted by atomic mass is 9.87. The minimum absolute atomic E-state index is 0.0209. The highest BCUT2D eigenvalue weighted by Crippen LogP contribution is 2.27. The lowest BCUT2D eigenvalue weighted by Gasteiger charge is -2.27. The largest absolute Gasteiger partial charge is 0.327 e. The van der Waals surface area contributed by atoms with Crippen molar-refractivity contribution in [2.75, 3.05) is 0 Å². The summed E-state index contributed by atoms with van der Waals surface area (Å²) in [7, 11) is 0. The Kier molecular flexibility index (Phi) is 4.11. The van der Waals surface area contributed by atoms with Gasteiger partial charge in [0.2, 0.25) is 0 Å². The molecular weight excluding hydrogens is 260 g/mol. The molecule has 1 unspecified atom stereocenters. The minimum Gasteiger partial charge on any atom is -0.327 e. The van der Waals surface area contributed by atoms with Gasteiger partial charge in [0.05, 0.1) is 11.7 Å². The van der Waals surface area contributed by atoms with Crippen molar-refractivity contribution < 1.29 is 0 Å². The standard InChI is InChI=1S/C17H28N4/c1-16(2,3)10-12(18)9-15-20-13-11-19-8-7-14(13)21(15)17(4,5)6/h7-8,11-12H,9-10,18H2,1-6H3. The number of pyridine rings is 1. The van der Waals surface area contributed by atoms with Crippen LogP contribution in [-0.4, -0.2) is 20.6 Å². The van der Waals surface area contributed by atoms with Crippen LogP contribution in [0.5, 0.6) is 0 Å². The van der Waals surface area contributed by atoms with E-state index in [4.69, 9.17) is 10.7 Å². The quantitative estimate of drug-likeness (QED) is 0.940. The molecule has 1 atom stereocenters. The molecule has 2 aromatic rings. The molecule has 0 bridgehead atoms. The molecule has 0 aliphatic carbocycles. The van der Waals surface area contributed by atoms with Crippen LogP contribution in [0.2, 0.25) is 0 Å². The number of aromatic nitrogens is 3. The first-order valence-electron chi connectivity index (χ1n) is 7.65. The normalized spacial score (nSPS) is 14.6. The molecule has 4 nitrogen and oxygen atoms in total. The van der Waals surface area contributed by atoms with Crippen molar-refractivity contribution in [3.05, 3.63) is 24.3 Å². The first-order valence-corrected chi connectivity index (χ1v) is 7.65. The summed E-state index contributed by atoms with van der Waals surface area (Å²) in [6.07, 6.45) is 5.43. The molecule has 2 heterocycles. The van der Waals surface area contributed by atoms with Crippen molar-refractivity contribution in [3.63, 3.8) is 0 Å². The zero-order valence-electron chi connectivity index (χ0n) is 14.1. The van der Waals surface area contributed by atoms with Crippen molar-refractivity contribution in [1.29, 1.82) is 0 Å². The van der Waals surface area contributed by atoms with E-state index in [1.54, 1.807) is 0 Å². The predicted molar refractivity (Wildman–Crippen MR) is 88.3 cm³/mol. The molecule has 0 aromatic carbocycles. The highest BCUT2D eigenvalue weighted by atomic mass is 15.1. The van der Waals surface area contributed by atoms with Gasteiger partial charge in [-0.2, -0.15) is 0 Å². The number of imidazole rings is 1. The summed E-state index contributed by atoms with van der Waals surface area (Å²) >= 11 is 0. The molecule has 0 radical (unpaired) electrons. The Morgan fingerprint density at radius 2 is 1.86 bits per heavy atom. The predicted octanol–water partition coefficient (Wildman–Crippen LogP) is 3.49. The molecule has 0 aliphatic heterocycles. The third-order valence-corrected chi connectivity index (χ3v) is 3.52. The van der Waals surface area contributed by atoms with E-state index in [1.165, 1.54) is 0 Å². The Morgan fingerprint density at radius 1 is 1.19 bits per heavy atom. The molecule has 2 N–H and O–H groups in total. The number of nitrogens with zero attached hydrogens (tertiary/aromatic N) is 3. The summed E-state index contributed by atoms with van der Waals surface area (Å²) < 4.78 is 2.30. The van der Waals surface area contributed by atoms with E-state index < -0.39 is 0 Å². The van der Waals surface area contributed by atoms with Crippen LogP contribution < -0.4 is 5.73 Å². The van der Waals surface area contributed by atoms with Crippen LogP contribution in [0.4, 0.5) is 0 Å². The summed E-state index contributed by atoms with van der Waals surface area (Å²) in [4.78, 5) is 8.95. The fourth-order valence-electron chi connectivity index (χ4n) is 2.96. The summed E-state index contributed by atoms with van der Waals surface area (Å²) in [6, 6.07) is 2.16. The van der Waals surface area contributed by atoms with Crippen LogP contribution in [0.25, 0.3) is 11.0 Å². The summed E-state index contributed by atoms with van der Waals surface area (Å²) in [5.74, 6) is 1.06. The number of hydrogen-bond donors (Lipinski definition) is 1. The molecule has 0 saturated carbocycles. The van der Waals surface area contributed by atoms with Gasteiger partial charge < -0.3 is 10.3 Å². The van der Waals surface area contributed by atoms with Gasteiger partial charge >= 0.3 is 0 Å². The molecular formula is C17H28N4. The highest BCUT2D eigenvalue weighted by molar-refractivity contribution is 5.75. The van der Waals surface area contributed by atoms with Gasteiger partial charge in [0, 0.05) is 24.2 Å². The van der Waals surface area contributed by atoms with E-state index in [2.05, 4.69) is 51.1 Å². The van der Waals surface area contributed by atoms with Crippen molar-refractivity contribution in [2.45, 2.75) is 66.0 Å². The van der Waals surface area contributed by atoms with E-state index in [1.807, 2.05) is 18.5 Å². The lowest BCUT2D eigenvalue weighted by molar-refractivity contribution is 0.328. The Labute approximate surface area is 127 Å². The fourth-order valence-corrected chi connectivity index (χ4v) is 2.96. The average molecular weight is 288 g/mol. The molecule has 2 rings (SSSR count). The van der Waals surface area contributed by atoms with E-state index in [0.29, 0.717) is 0 Å². The van der Waals surface area contributed by atoms with Crippen molar-refractivity contribution >= 4 is 11.0 Å². The van der Waals surface area contributed by atoms with E-state index in [9.17, 15) is 0 Å². The second-order valence-corrected chi connectivity index (χ2v) is 8.13. The molecule has 2 aromatic heterocycles.